The topological polar surface area (TPSA) is 72.9 Å². The van der Waals surface area contributed by atoms with E-state index in [0.29, 0.717) is 0 Å². The molecular formula is C24H32N4O2. The average Bonchev–Trinajstić information content (AvgIpc) is 3.32. The molecule has 0 spiro atoms. The van der Waals surface area contributed by atoms with Gasteiger partial charge in [0.1, 0.15) is 11.5 Å². The second kappa shape index (κ2) is 10.2. The summed E-state index contributed by atoms with van der Waals surface area (Å²) in [7, 11) is 1.69. The zero-order chi connectivity index (χ0) is 21.4. The summed E-state index contributed by atoms with van der Waals surface area (Å²) in [6, 6.07) is 14.6. The molecule has 1 N–H and O–H groups in total. The molecule has 0 aliphatic rings. The lowest BCUT2D eigenvalue weighted by Gasteiger charge is -2.19. The number of methoxy groups -OCH3 is 1. The summed E-state index contributed by atoms with van der Waals surface area (Å²) in [6.07, 6.45) is 5.24. The molecule has 3 aromatic rings. The van der Waals surface area contributed by atoms with Gasteiger partial charge in [0.15, 0.2) is 5.82 Å². The number of H-pyrrole nitrogens is 1. The molecular weight excluding hydrogens is 376 g/mol. The van der Waals surface area contributed by atoms with Crippen molar-refractivity contribution in [1.29, 1.82) is 0 Å². The van der Waals surface area contributed by atoms with Crippen LogP contribution in [0.25, 0.3) is 11.1 Å². The lowest BCUT2D eigenvalue weighted by molar-refractivity contribution is 0.298. The van der Waals surface area contributed by atoms with Gasteiger partial charge in [0.25, 0.3) is 0 Å². The van der Waals surface area contributed by atoms with Crippen molar-refractivity contribution in [2.45, 2.75) is 58.3 Å². The van der Waals surface area contributed by atoms with Gasteiger partial charge in [-0.1, -0.05) is 57.0 Å². The van der Waals surface area contributed by atoms with Crippen molar-refractivity contribution >= 4 is 0 Å². The first-order valence-corrected chi connectivity index (χ1v) is 10.7. The van der Waals surface area contributed by atoms with E-state index in [2.05, 4.69) is 71.7 Å². The predicted molar refractivity (Wildman–Crippen MR) is 119 cm³/mol. The van der Waals surface area contributed by atoms with E-state index >= 15 is 0 Å². The molecule has 6 nitrogen and oxygen atoms in total. The lowest BCUT2D eigenvalue weighted by atomic mass is 9.86. The molecule has 0 unspecified atom stereocenters. The van der Waals surface area contributed by atoms with Gasteiger partial charge in [0.2, 0.25) is 0 Å². The molecule has 0 amide bonds. The third-order valence-corrected chi connectivity index (χ3v) is 5.52. The van der Waals surface area contributed by atoms with Gasteiger partial charge in [-0.2, -0.15) is 5.21 Å². The summed E-state index contributed by atoms with van der Waals surface area (Å²) in [5.74, 6) is 2.64. The van der Waals surface area contributed by atoms with Crippen LogP contribution in [0.1, 0.15) is 57.8 Å². The molecule has 0 fully saturated rings. The summed E-state index contributed by atoms with van der Waals surface area (Å²) < 4.78 is 11.3. The Balaban J connectivity index is 1.48. The van der Waals surface area contributed by atoms with Crippen LogP contribution in [-0.2, 0) is 11.8 Å². The fraction of sp³-hybridized carbons (Fsp3) is 0.458. The van der Waals surface area contributed by atoms with E-state index in [4.69, 9.17) is 9.47 Å². The molecule has 1 heterocycles. The van der Waals surface area contributed by atoms with Crippen LogP contribution in [0.4, 0.5) is 0 Å². The Hall–Kier alpha value is -2.89. The Morgan fingerprint density at radius 2 is 1.73 bits per heavy atom. The number of aromatic amines is 1. The molecule has 3 rings (SSSR count). The summed E-state index contributed by atoms with van der Waals surface area (Å²) >= 11 is 0. The van der Waals surface area contributed by atoms with E-state index in [1.165, 1.54) is 16.7 Å². The fourth-order valence-corrected chi connectivity index (χ4v) is 3.55. The van der Waals surface area contributed by atoms with Gasteiger partial charge >= 0.3 is 0 Å². The Bertz CT molecular complexity index is 905. The maximum absolute atomic E-state index is 6.10. The Morgan fingerprint density at radius 1 is 0.967 bits per heavy atom. The average molecular weight is 409 g/mol. The molecule has 0 saturated carbocycles. The van der Waals surface area contributed by atoms with Crippen LogP contribution in [0.3, 0.4) is 0 Å². The van der Waals surface area contributed by atoms with Gasteiger partial charge in [-0.3, -0.25) is 0 Å². The number of rotatable bonds is 11. The van der Waals surface area contributed by atoms with Gasteiger partial charge in [-0.05, 0) is 60.2 Å². The van der Waals surface area contributed by atoms with Crippen LogP contribution in [0.5, 0.6) is 11.5 Å². The Kier molecular flexibility index (Phi) is 7.44. The second-order valence-electron chi connectivity index (χ2n) is 8.18. The molecule has 0 aliphatic carbocycles. The fourth-order valence-electron chi connectivity index (χ4n) is 3.55. The lowest BCUT2D eigenvalue weighted by Crippen LogP contribution is -2.19. The normalized spacial score (nSPS) is 11.5. The largest absolute Gasteiger partial charge is 0.497 e. The van der Waals surface area contributed by atoms with E-state index in [0.717, 1.165) is 56.0 Å². The third kappa shape index (κ3) is 5.59. The van der Waals surface area contributed by atoms with Crippen LogP contribution >= 0.6 is 0 Å². The van der Waals surface area contributed by atoms with Crippen LogP contribution in [0.2, 0.25) is 0 Å². The minimum atomic E-state index is -0.0550. The highest BCUT2D eigenvalue weighted by Crippen LogP contribution is 2.29. The van der Waals surface area contributed by atoms with E-state index in [1.54, 1.807) is 7.11 Å². The third-order valence-electron chi connectivity index (χ3n) is 5.52. The maximum atomic E-state index is 6.10. The molecule has 160 valence electrons. The number of aromatic nitrogens is 4. The van der Waals surface area contributed by atoms with Crippen LogP contribution in [-0.4, -0.2) is 34.3 Å². The molecule has 0 radical (unpaired) electrons. The van der Waals surface area contributed by atoms with Crippen LogP contribution in [0, 0.1) is 0 Å². The van der Waals surface area contributed by atoms with Crippen molar-refractivity contribution in [2.24, 2.45) is 0 Å². The van der Waals surface area contributed by atoms with Crippen molar-refractivity contribution in [3.8, 4) is 22.6 Å². The molecule has 2 aromatic carbocycles. The number of hydrogen-bond acceptors (Lipinski definition) is 5. The summed E-state index contributed by atoms with van der Waals surface area (Å²) in [6.45, 7) is 7.22. The maximum Gasteiger partial charge on any atom is 0.180 e. The number of tetrazole rings is 1. The molecule has 0 aliphatic heterocycles. The number of benzene rings is 2. The number of nitrogens with zero attached hydrogens (tertiary/aromatic N) is 3. The van der Waals surface area contributed by atoms with Gasteiger partial charge in [-0.15, -0.1) is 10.2 Å². The van der Waals surface area contributed by atoms with Gasteiger partial charge < -0.3 is 9.47 Å². The number of nitrogens with one attached hydrogen (secondary N) is 1. The Labute approximate surface area is 179 Å². The Morgan fingerprint density at radius 3 is 2.40 bits per heavy atom. The number of ether oxygens (including phenoxy) is 2. The zero-order valence-corrected chi connectivity index (χ0v) is 18.4. The van der Waals surface area contributed by atoms with E-state index < -0.39 is 0 Å². The van der Waals surface area contributed by atoms with Gasteiger partial charge in [0, 0.05) is 5.41 Å². The molecule has 0 atom stereocenters. The molecule has 6 heteroatoms. The number of unbranched alkanes of at least 4 members (excludes halogenated alkanes) is 2. The molecule has 0 bridgehead atoms. The monoisotopic (exact) mass is 408 g/mol. The van der Waals surface area contributed by atoms with Crippen LogP contribution in [0.15, 0.2) is 42.5 Å². The number of hydrogen-bond donors (Lipinski definition) is 1. The summed E-state index contributed by atoms with van der Waals surface area (Å²) in [4.78, 5) is 0. The van der Waals surface area contributed by atoms with Crippen molar-refractivity contribution < 1.29 is 9.47 Å². The predicted octanol–water partition coefficient (Wildman–Crippen LogP) is 5.35. The SMILES string of the molecule is CCc1cc(-c2ccc(OC)cc2)ccc1OCCCCCC(C)(C)c1nn[nH]n1. The highest BCUT2D eigenvalue weighted by Gasteiger charge is 2.24. The van der Waals surface area contributed by atoms with Crippen molar-refractivity contribution in [1.82, 2.24) is 20.6 Å². The standard InChI is InChI=1S/C24H32N4O2/c1-5-18-17-20(19-9-12-21(29-4)13-10-19)11-14-22(18)30-16-8-6-7-15-24(2,3)23-25-27-28-26-23/h9-14,17H,5-8,15-16H2,1-4H3,(H,25,26,27,28). The second-order valence-corrected chi connectivity index (χ2v) is 8.18. The van der Waals surface area contributed by atoms with E-state index in [-0.39, 0.29) is 5.41 Å². The summed E-state index contributed by atoms with van der Waals surface area (Å²) in [5.41, 5.74) is 3.56. The molecule has 1 aromatic heterocycles. The van der Waals surface area contributed by atoms with Crippen LogP contribution < -0.4 is 9.47 Å². The first-order chi connectivity index (χ1) is 14.5. The van der Waals surface area contributed by atoms with Crippen molar-refractivity contribution in [3.63, 3.8) is 0 Å². The van der Waals surface area contributed by atoms with Gasteiger partial charge in [-0.25, -0.2) is 0 Å². The highest BCUT2D eigenvalue weighted by molar-refractivity contribution is 5.66. The van der Waals surface area contributed by atoms with Gasteiger partial charge in [0.05, 0.1) is 13.7 Å². The minimum absolute atomic E-state index is 0.0550. The first-order valence-electron chi connectivity index (χ1n) is 10.7. The zero-order valence-electron chi connectivity index (χ0n) is 18.4. The molecule has 0 saturated heterocycles. The molecule has 30 heavy (non-hydrogen) atoms. The smallest absolute Gasteiger partial charge is 0.180 e. The van der Waals surface area contributed by atoms with E-state index in [1.807, 2.05) is 12.1 Å². The first kappa shape index (κ1) is 21.8. The van der Waals surface area contributed by atoms with E-state index in [9.17, 15) is 0 Å². The van der Waals surface area contributed by atoms with Crippen molar-refractivity contribution in [3.05, 3.63) is 53.9 Å². The van der Waals surface area contributed by atoms with Crippen molar-refractivity contribution in [2.75, 3.05) is 13.7 Å². The highest BCUT2D eigenvalue weighted by atomic mass is 16.5. The minimum Gasteiger partial charge on any atom is -0.497 e. The number of aryl methyl sites for hydroxylation is 1. The quantitative estimate of drug-likeness (QED) is 0.433. The summed E-state index contributed by atoms with van der Waals surface area (Å²) in [5, 5.41) is 14.4.